The second kappa shape index (κ2) is 4.11. The molecule has 1 fully saturated rings. The van der Waals surface area contributed by atoms with Gasteiger partial charge in [-0.15, -0.1) is 0 Å². The molecule has 0 N–H and O–H groups in total. The van der Waals surface area contributed by atoms with Crippen molar-refractivity contribution in [1.29, 1.82) is 0 Å². The third kappa shape index (κ3) is 3.50. The molecule has 0 aliphatic heterocycles. The minimum atomic E-state index is 0.498. The summed E-state index contributed by atoms with van der Waals surface area (Å²) in [7, 11) is 0. The Balaban J connectivity index is 2.73. The SMILES string of the molecule is CC1CC(C(C)(C)C)CC(C(C)(C)C)C1. The van der Waals surface area contributed by atoms with E-state index in [1.165, 1.54) is 19.3 Å². The second-order valence-corrected chi connectivity index (χ2v) is 7.94. The van der Waals surface area contributed by atoms with Gasteiger partial charge in [-0.1, -0.05) is 48.5 Å². The van der Waals surface area contributed by atoms with Crippen LogP contribution in [-0.2, 0) is 0 Å². The smallest absolute Gasteiger partial charge is 0.0354 e. The third-order valence-electron chi connectivity index (χ3n) is 4.39. The van der Waals surface area contributed by atoms with E-state index in [-0.39, 0.29) is 0 Å². The van der Waals surface area contributed by atoms with Crippen molar-refractivity contribution in [2.75, 3.05) is 0 Å². The van der Waals surface area contributed by atoms with E-state index in [9.17, 15) is 0 Å². The van der Waals surface area contributed by atoms with Crippen molar-refractivity contribution in [2.45, 2.75) is 67.7 Å². The lowest BCUT2D eigenvalue weighted by atomic mass is 9.61. The van der Waals surface area contributed by atoms with Crippen LogP contribution < -0.4 is 0 Å². The van der Waals surface area contributed by atoms with E-state index in [0.29, 0.717) is 10.8 Å². The highest BCUT2D eigenvalue weighted by atomic mass is 14.4. The van der Waals surface area contributed by atoms with Gasteiger partial charge in [-0.3, -0.25) is 0 Å². The predicted molar refractivity (Wildman–Crippen MR) is 68.9 cm³/mol. The first-order chi connectivity index (χ1) is 6.60. The minimum absolute atomic E-state index is 0.498. The standard InChI is InChI=1S/C15H30/c1-11-8-12(14(2,3)4)10-13(9-11)15(5,6)7/h11-13H,8-10H2,1-7H3. The van der Waals surface area contributed by atoms with Crippen molar-refractivity contribution in [2.24, 2.45) is 28.6 Å². The first-order valence-electron chi connectivity index (χ1n) is 6.60. The molecule has 1 aliphatic rings. The molecule has 0 heteroatoms. The van der Waals surface area contributed by atoms with Crippen LogP contribution in [0.15, 0.2) is 0 Å². The van der Waals surface area contributed by atoms with Gasteiger partial charge in [0, 0.05) is 0 Å². The molecule has 90 valence electrons. The summed E-state index contributed by atoms with van der Waals surface area (Å²) in [5.74, 6) is 2.77. The van der Waals surface area contributed by atoms with E-state index in [2.05, 4.69) is 48.5 Å². The molecule has 0 radical (unpaired) electrons. The van der Waals surface area contributed by atoms with Crippen molar-refractivity contribution < 1.29 is 0 Å². The van der Waals surface area contributed by atoms with Crippen molar-refractivity contribution in [3.8, 4) is 0 Å². The first-order valence-corrected chi connectivity index (χ1v) is 6.60. The fraction of sp³-hybridized carbons (Fsp3) is 1.00. The van der Waals surface area contributed by atoms with Gasteiger partial charge in [0.05, 0.1) is 0 Å². The molecule has 2 unspecified atom stereocenters. The van der Waals surface area contributed by atoms with Crippen LogP contribution in [0.1, 0.15) is 67.7 Å². The van der Waals surface area contributed by atoms with E-state index < -0.39 is 0 Å². The van der Waals surface area contributed by atoms with Gasteiger partial charge in [0.25, 0.3) is 0 Å². The van der Waals surface area contributed by atoms with E-state index in [1.54, 1.807) is 0 Å². The molecule has 0 spiro atoms. The molecule has 1 aliphatic carbocycles. The fourth-order valence-corrected chi connectivity index (χ4v) is 3.02. The van der Waals surface area contributed by atoms with Gasteiger partial charge >= 0.3 is 0 Å². The van der Waals surface area contributed by atoms with Crippen LogP contribution in [-0.4, -0.2) is 0 Å². The average Bonchev–Trinajstić information content (AvgIpc) is 1.99. The molecule has 0 aromatic rings. The Kier molecular flexibility index (Phi) is 3.58. The highest BCUT2D eigenvalue weighted by Crippen LogP contribution is 2.47. The number of hydrogen-bond acceptors (Lipinski definition) is 0. The average molecular weight is 210 g/mol. The van der Waals surface area contributed by atoms with E-state index in [0.717, 1.165) is 17.8 Å². The summed E-state index contributed by atoms with van der Waals surface area (Å²) in [6.07, 6.45) is 4.32. The molecule has 0 saturated heterocycles. The van der Waals surface area contributed by atoms with Crippen LogP contribution >= 0.6 is 0 Å². The van der Waals surface area contributed by atoms with Crippen LogP contribution in [0.4, 0.5) is 0 Å². The molecule has 1 saturated carbocycles. The zero-order valence-electron chi connectivity index (χ0n) is 11.9. The molecule has 15 heavy (non-hydrogen) atoms. The van der Waals surface area contributed by atoms with Gasteiger partial charge in [-0.25, -0.2) is 0 Å². The Labute approximate surface area is 96.8 Å². The summed E-state index contributed by atoms with van der Waals surface area (Å²) in [4.78, 5) is 0. The molecule has 1 rings (SSSR count). The lowest BCUT2D eigenvalue weighted by Gasteiger charge is -2.45. The topological polar surface area (TPSA) is 0 Å². The summed E-state index contributed by atoms with van der Waals surface area (Å²) in [5.41, 5.74) is 0.996. The molecule has 0 aromatic heterocycles. The third-order valence-corrected chi connectivity index (χ3v) is 4.39. The Bertz CT molecular complexity index is 179. The first kappa shape index (κ1) is 13.1. The molecule has 0 nitrogen and oxygen atoms in total. The summed E-state index contributed by atoms with van der Waals surface area (Å²) in [6.45, 7) is 16.9. The van der Waals surface area contributed by atoms with Crippen LogP contribution in [0.25, 0.3) is 0 Å². The molecule has 2 atom stereocenters. The van der Waals surface area contributed by atoms with Gasteiger partial charge in [-0.05, 0) is 47.8 Å². The Morgan fingerprint density at radius 2 is 1.00 bits per heavy atom. The maximum atomic E-state index is 2.44. The zero-order chi connectivity index (χ0) is 11.9. The maximum Gasteiger partial charge on any atom is -0.0354 e. The van der Waals surface area contributed by atoms with Crippen LogP contribution in [0.2, 0.25) is 0 Å². The summed E-state index contributed by atoms with van der Waals surface area (Å²) >= 11 is 0. The van der Waals surface area contributed by atoms with Crippen molar-refractivity contribution >= 4 is 0 Å². The van der Waals surface area contributed by atoms with Crippen LogP contribution in [0, 0.1) is 28.6 Å². The number of rotatable bonds is 0. The molecular weight excluding hydrogens is 180 g/mol. The normalized spacial score (nSPS) is 34.2. The van der Waals surface area contributed by atoms with Gasteiger partial charge in [0.2, 0.25) is 0 Å². The fourth-order valence-electron chi connectivity index (χ4n) is 3.02. The highest BCUT2D eigenvalue weighted by Gasteiger charge is 2.37. The lowest BCUT2D eigenvalue weighted by Crippen LogP contribution is -2.35. The molecule has 0 amide bonds. The summed E-state index contributed by atoms with van der Waals surface area (Å²) < 4.78 is 0. The largest absolute Gasteiger partial charge is 0.0625 e. The monoisotopic (exact) mass is 210 g/mol. The molecule has 0 heterocycles. The highest BCUT2D eigenvalue weighted by molar-refractivity contribution is 4.88. The van der Waals surface area contributed by atoms with E-state index >= 15 is 0 Å². The van der Waals surface area contributed by atoms with Crippen LogP contribution in [0.3, 0.4) is 0 Å². The second-order valence-electron chi connectivity index (χ2n) is 7.94. The minimum Gasteiger partial charge on any atom is -0.0625 e. The van der Waals surface area contributed by atoms with Gasteiger partial charge in [0.15, 0.2) is 0 Å². The summed E-state index contributed by atoms with van der Waals surface area (Å²) in [5, 5.41) is 0. The van der Waals surface area contributed by atoms with E-state index in [4.69, 9.17) is 0 Å². The van der Waals surface area contributed by atoms with E-state index in [1.807, 2.05) is 0 Å². The number of hydrogen-bond donors (Lipinski definition) is 0. The predicted octanol–water partition coefficient (Wildman–Crippen LogP) is 5.13. The molecular formula is C15H30. The van der Waals surface area contributed by atoms with Crippen molar-refractivity contribution in [3.05, 3.63) is 0 Å². The maximum absolute atomic E-state index is 2.44. The Hall–Kier alpha value is 0. The quantitative estimate of drug-likeness (QED) is 0.520. The van der Waals surface area contributed by atoms with Crippen molar-refractivity contribution in [1.82, 2.24) is 0 Å². The molecule has 0 aromatic carbocycles. The van der Waals surface area contributed by atoms with Gasteiger partial charge in [0.1, 0.15) is 0 Å². The van der Waals surface area contributed by atoms with Crippen LogP contribution in [0.5, 0.6) is 0 Å². The van der Waals surface area contributed by atoms with Gasteiger partial charge in [-0.2, -0.15) is 0 Å². The Morgan fingerprint density at radius 1 is 0.667 bits per heavy atom. The van der Waals surface area contributed by atoms with Crippen molar-refractivity contribution in [3.63, 3.8) is 0 Å². The molecule has 0 bridgehead atoms. The summed E-state index contributed by atoms with van der Waals surface area (Å²) in [6, 6.07) is 0. The lowest BCUT2D eigenvalue weighted by molar-refractivity contribution is 0.0550. The van der Waals surface area contributed by atoms with Gasteiger partial charge < -0.3 is 0 Å². The zero-order valence-corrected chi connectivity index (χ0v) is 11.9. The Morgan fingerprint density at radius 3 is 1.27 bits per heavy atom.